The topological polar surface area (TPSA) is 119 Å². The summed E-state index contributed by atoms with van der Waals surface area (Å²) in [6.45, 7) is 3.71. The Morgan fingerprint density at radius 3 is 0.953 bits per heavy atom. The number of unbranched alkanes of at least 4 members (excludes halogenated alkanes) is 38. The molecule has 1 atom stereocenters. The maximum atomic E-state index is 12.5. The quantitative estimate of drug-likeness (QED) is 0.0268. The predicted molar refractivity (Wildman–Crippen MR) is 272 cm³/mol. The van der Waals surface area contributed by atoms with Crippen LogP contribution in [0.4, 0.5) is 0 Å². The Morgan fingerprint density at radius 2 is 0.656 bits per heavy atom. The highest BCUT2D eigenvalue weighted by Gasteiger charge is 2.22. The second-order valence-electron chi connectivity index (χ2n) is 18.9. The zero-order valence-electron chi connectivity index (χ0n) is 42.2. The van der Waals surface area contributed by atoms with Crippen LogP contribution in [0.2, 0.25) is 0 Å². The number of rotatable bonds is 52. The van der Waals surface area contributed by atoms with Gasteiger partial charge in [0.25, 0.3) is 0 Å². The monoisotopic (exact) mass is 925 g/mol. The van der Waals surface area contributed by atoms with Gasteiger partial charge in [-0.3, -0.25) is 14.1 Å². The zero-order chi connectivity index (χ0) is 46.7. The Morgan fingerprint density at radius 1 is 0.391 bits per heavy atom. The fourth-order valence-corrected chi connectivity index (χ4v) is 8.69. The molecule has 8 nitrogen and oxygen atoms in total. The van der Waals surface area contributed by atoms with Crippen LogP contribution in [0.5, 0.6) is 0 Å². The maximum absolute atomic E-state index is 12.5. The molecule has 0 saturated heterocycles. The summed E-state index contributed by atoms with van der Waals surface area (Å²) in [5.74, 6) is -0.943. The Hall–Kier alpha value is -1.47. The lowest BCUT2D eigenvalue weighted by Crippen LogP contribution is -2.29. The van der Waals surface area contributed by atoms with Crippen molar-refractivity contribution in [1.82, 2.24) is 0 Å². The van der Waals surface area contributed by atoms with E-state index in [4.69, 9.17) is 19.3 Å². The minimum Gasteiger partial charge on any atom is -0.462 e. The van der Waals surface area contributed by atoms with Crippen molar-refractivity contribution in [3.63, 3.8) is 0 Å². The van der Waals surface area contributed by atoms with Gasteiger partial charge in [0.15, 0.2) is 6.10 Å². The molecule has 0 aromatic rings. The van der Waals surface area contributed by atoms with Gasteiger partial charge >= 0.3 is 19.8 Å². The van der Waals surface area contributed by atoms with Gasteiger partial charge in [-0.1, -0.05) is 256 Å². The fraction of sp³-hybridized carbons (Fsp3) is 0.891. The molecule has 0 rings (SSSR count). The molecule has 378 valence electrons. The summed E-state index contributed by atoms with van der Waals surface area (Å²) in [5.41, 5.74) is 0. The summed E-state index contributed by atoms with van der Waals surface area (Å²) >= 11 is 0. The first-order valence-electron chi connectivity index (χ1n) is 27.6. The van der Waals surface area contributed by atoms with Crippen molar-refractivity contribution in [2.24, 2.45) is 0 Å². The second kappa shape index (κ2) is 50.9. The molecule has 0 bridgehead atoms. The molecular formula is C55H105O8P. The fourth-order valence-electron chi connectivity index (χ4n) is 8.33. The smallest absolute Gasteiger partial charge is 0.462 e. The van der Waals surface area contributed by atoms with E-state index in [1.807, 2.05) is 0 Å². The highest BCUT2D eigenvalue weighted by atomic mass is 31.2. The summed E-state index contributed by atoms with van der Waals surface area (Å²) in [4.78, 5) is 43.1. The van der Waals surface area contributed by atoms with E-state index in [-0.39, 0.29) is 19.4 Å². The minimum atomic E-state index is -4.77. The number of hydrogen-bond donors (Lipinski definition) is 2. The van der Waals surface area contributed by atoms with E-state index >= 15 is 0 Å². The first-order valence-corrected chi connectivity index (χ1v) is 29.2. The van der Waals surface area contributed by atoms with Crippen molar-refractivity contribution >= 4 is 19.8 Å². The summed E-state index contributed by atoms with van der Waals surface area (Å²) in [6, 6.07) is 0. The molecule has 9 heteroatoms. The van der Waals surface area contributed by atoms with Crippen LogP contribution in [-0.2, 0) is 28.2 Å². The molecule has 0 aliphatic rings. The SMILES string of the molecule is CCCCCCCCCCCCCCCCCCCC/C=C/CCCC(=O)OC[C@H](COP(=O)(O)O)OC(=O)CCC/C=C/CCCCCCCCCCCCCCCCCCCC. The van der Waals surface area contributed by atoms with Crippen LogP contribution in [-0.4, -0.2) is 41.0 Å². The molecule has 64 heavy (non-hydrogen) atoms. The Labute approximate surface area is 396 Å². The lowest BCUT2D eigenvalue weighted by Gasteiger charge is -2.18. The number of carbonyl (C=O) groups excluding carboxylic acids is 2. The molecule has 0 spiro atoms. The predicted octanol–water partition coefficient (Wildman–Crippen LogP) is 17.9. The molecule has 0 amide bonds. The van der Waals surface area contributed by atoms with Crippen LogP contribution in [0.25, 0.3) is 0 Å². The highest BCUT2D eigenvalue weighted by molar-refractivity contribution is 7.46. The zero-order valence-corrected chi connectivity index (χ0v) is 43.1. The average molecular weight is 925 g/mol. The van der Waals surface area contributed by atoms with E-state index in [0.717, 1.165) is 25.7 Å². The van der Waals surface area contributed by atoms with Gasteiger partial charge in [-0.25, -0.2) is 4.57 Å². The molecule has 0 saturated carbocycles. The van der Waals surface area contributed by atoms with Gasteiger partial charge in [0.05, 0.1) is 6.61 Å². The third kappa shape index (κ3) is 53.1. The van der Waals surface area contributed by atoms with Gasteiger partial charge < -0.3 is 19.3 Å². The van der Waals surface area contributed by atoms with Gasteiger partial charge in [-0.05, 0) is 51.4 Å². The van der Waals surface area contributed by atoms with Crippen molar-refractivity contribution in [1.29, 1.82) is 0 Å². The number of hydrogen-bond acceptors (Lipinski definition) is 6. The van der Waals surface area contributed by atoms with Crippen LogP contribution in [0.3, 0.4) is 0 Å². The van der Waals surface area contributed by atoms with E-state index in [0.29, 0.717) is 12.8 Å². The molecule has 0 aromatic heterocycles. The number of allylic oxidation sites excluding steroid dienone is 4. The van der Waals surface area contributed by atoms with E-state index in [2.05, 4.69) is 42.7 Å². The molecular weight excluding hydrogens is 820 g/mol. The third-order valence-electron chi connectivity index (χ3n) is 12.4. The van der Waals surface area contributed by atoms with Crippen LogP contribution >= 0.6 is 7.82 Å². The van der Waals surface area contributed by atoms with Crippen LogP contribution in [0.15, 0.2) is 24.3 Å². The molecule has 0 aliphatic carbocycles. The molecule has 0 aromatic carbocycles. The van der Waals surface area contributed by atoms with Gasteiger partial charge in [-0.15, -0.1) is 0 Å². The Balaban J connectivity index is 3.80. The number of ether oxygens (including phenoxy) is 2. The highest BCUT2D eigenvalue weighted by Crippen LogP contribution is 2.36. The van der Waals surface area contributed by atoms with Gasteiger partial charge in [0.1, 0.15) is 6.61 Å². The number of esters is 2. The van der Waals surface area contributed by atoms with E-state index in [9.17, 15) is 14.2 Å². The number of carbonyl (C=O) groups is 2. The number of phosphoric acid groups is 1. The largest absolute Gasteiger partial charge is 0.469 e. The van der Waals surface area contributed by atoms with Crippen molar-refractivity contribution in [2.45, 2.75) is 302 Å². The molecule has 0 radical (unpaired) electrons. The lowest BCUT2D eigenvalue weighted by atomic mass is 10.0. The van der Waals surface area contributed by atoms with Crippen molar-refractivity contribution in [3.05, 3.63) is 24.3 Å². The maximum Gasteiger partial charge on any atom is 0.469 e. The Bertz CT molecular complexity index is 1090. The lowest BCUT2D eigenvalue weighted by molar-refractivity contribution is -0.161. The first kappa shape index (κ1) is 62.5. The van der Waals surface area contributed by atoms with Crippen molar-refractivity contribution in [2.75, 3.05) is 13.2 Å². The van der Waals surface area contributed by atoms with E-state index in [1.165, 1.54) is 231 Å². The third-order valence-corrected chi connectivity index (χ3v) is 12.9. The van der Waals surface area contributed by atoms with Crippen LogP contribution < -0.4 is 0 Å². The minimum absolute atomic E-state index is 0.162. The average Bonchev–Trinajstić information content (AvgIpc) is 3.27. The summed E-state index contributed by atoms with van der Waals surface area (Å²) in [7, 11) is -4.77. The Kier molecular flexibility index (Phi) is 49.8. The summed E-state index contributed by atoms with van der Waals surface area (Å²) in [5, 5.41) is 0. The summed E-state index contributed by atoms with van der Waals surface area (Å²) < 4.78 is 26.5. The number of phosphoric ester groups is 1. The van der Waals surface area contributed by atoms with E-state index < -0.39 is 32.5 Å². The van der Waals surface area contributed by atoms with Gasteiger partial charge in [-0.2, -0.15) is 0 Å². The molecule has 0 aliphatic heterocycles. The normalized spacial score (nSPS) is 12.5. The molecule has 0 unspecified atom stereocenters. The second-order valence-corrected chi connectivity index (χ2v) is 20.1. The van der Waals surface area contributed by atoms with Crippen LogP contribution in [0.1, 0.15) is 296 Å². The van der Waals surface area contributed by atoms with Crippen molar-refractivity contribution in [3.8, 4) is 0 Å². The van der Waals surface area contributed by atoms with Crippen molar-refractivity contribution < 1.29 is 37.9 Å². The summed E-state index contributed by atoms with van der Waals surface area (Å²) in [6.07, 6.45) is 62.3. The standard InChI is InChI=1S/C55H105O8P/c1-3-5-7-9-11-13-15-17-19-21-23-25-27-29-31-33-35-37-39-41-43-45-47-49-54(56)61-51-53(52-62-64(58,59)60)63-55(57)50-48-46-44-42-40-38-36-34-32-30-28-26-24-22-20-18-16-14-12-10-8-6-4-2/h41-44,53H,3-40,45-52H2,1-2H3,(H2,58,59,60)/b43-41+,44-42+/t53-/m1/s1. The van der Waals surface area contributed by atoms with Crippen LogP contribution in [0, 0.1) is 0 Å². The van der Waals surface area contributed by atoms with Gasteiger partial charge in [0, 0.05) is 12.8 Å². The molecule has 0 heterocycles. The van der Waals surface area contributed by atoms with E-state index in [1.54, 1.807) is 0 Å². The first-order chi connectivity index (χ1) is 31.3. The van der Waals surface area contributed by atoms with Gasteiger partial charge in [0.2, 0.25) is 0 Å². The molecule has 0 fully saturated rings. The molecule has 2 N–H and O–H groups in total.